The molecule has 0 aliphatic rings. The van der Waals surface area contributed by atoms with Gasteiger partial charge < -0.3 is 9.73 Å². The van der Waals surface area contributed by atoms with Crippen LogP contribution in [0.2, 0.25) is 5.15 Å². The molecule has 0 aromatic carbocycles. The van der Waals surface area contributed by atoms with Crippen molar-refractivity contribution in [3.05, 3.63) is 41.1 Å². The van der Waals surface area contributed by atoms with Crippen LogP contribution in [0, 0.1) is 6.92 Å². The molecule has 0 saturated heterocycles. The summed E-state index contributed by atoms with van der Waals surface area (Å²) in [5.41, 5.74) is 0.831. The first-order valence-electron chi connectivity index (χ1n) is 4.51. The van der Waals surface area contributed by atoms with Gasteiger partial charge in [-0.1, -0.05) is 11.6 Å². The number of anilines is 1. The summed E-state index contributed by atoms with van der Waals surface area (Å²) in [6.45, 7) is 2.42. The molecule has 15 heavy (non-hydrogen) atoms. The zero-order valence-corrected chi connectivity index (χ0v) is 8.95. The van der Waals surface area contributed by atoms with Crippen molar-refractivity contribution in [2.45, 2.75) is 13.5 Å². The maximum absolute atomic E-state index is 5.80. The average Bonchev–Trinajstić information content (AvgIpc) is 2.65. The first-order chi connectivity index (χ1) is 7.24. The van der Waals surface area contributed by atoms with Crippen LogP contribution in [0.15, 0.2) is 28.9 Å². The number of rotatable bonds is 3. The third-order valence-electron chi connectivity index (χ3n) is 1.82. The summed E-state index contributed by atoms with van der Waals surface area (Å²) in [6.07, 6.45) is 1.63. The molecule has 0 atom stereocenters. The Hall–Kier alpha value is -1.55. The zero-order chi connectivity index (χ0) is 10.7. The second-order valence-corrected chi connectivity index (χ2v) is 3.48. The quantitative estimate of drug-likeness (QED) is 0.813. The Morgan fingerprint density at radius 3 is 3.00 bits per heavy atom. The SMILES string of the molecule is Cc1cc(Cl)nc(NCc2ccco2)n1. The lowest BCUT2D eigenvalue weighted by Crippen LogP contribution is -2.03. The maximum atomic E-state index is 5.80. The van der Waals surface area contributed by atoms with Gasteiger partial charge >= 0.3 is 0 Å². The van der Waals surface area contributed by atoms with Crippen LogP contribution in [0.3, 0.4) is 0 Å². The minimum atomic E-state index is 0.435. The molecule has 0 unspecified atom stereocenters. The van der Waals surface area contributed by atoms with Crippen LogP contribution in [0.25, 0.3) is 0 Å². The molecule has 2 heterocycles. The summed E-state index contributed by atoms with van der Waals surface area (Å²) < 4.78 is 5.16. The third kappa shape index (κ3) is 2.70. The second kappa shape index (κ2) is 4.31. The normalized spacial score (nSPS) is 10.3. The van der Waals surface area contributed by atoms with Gasteiger partial charge in [0.2, 0.25) is 5.95 Å². The molecule has 2 rings (SSSR count). The summed E-state index contributed by atoms with van der Waals surface area (Å²) in [5.74, 6) is 1.34. The Morgan fingerprint density at radius 1 is 1.47 bits per heavy atom. The lowest BCUT2D eigenvalue weighted by Gasteiger charge is -2.03. The molecule has 0 spiro atoms. The number of hydrogen-bond donors (Lipinski definition) is 1. The van der Waals surface area contributed by atoms with E-state index in [0.29, 0.717) is 17.6 Å². The zero-order valence-electron chi connectivity index (χ0n) is 8.20. The van der Waals surface area contributed by atoms with Crippen molar-refractivity contribution < 1.29 is 4.42 Å². The van der Waals surface area contributed by atoms with E-state index < -0.39 is 0 Å². The lowest BCUT2D eigenvalue weighted by atomic mass is 10.4. The van der Waals surface area contributed by atoms with Gasteiger partial charge in [-0.25, -0.2) is 9.97 Å². The topological polar surface area (TPSA) is 51.0 Å². The number of aromatic nitrogens is 2. The van der Waals surface area contributed by atoms with Gasteiger partial charge in [0.25, 0.3) is 0 Å². The number of nitrogens with zero attached hydrogens (tertiary/aromatic N) is 2. The van der Waals surface area contributed by atoms with E-state index in [1.165, 1.54) is 0 Å². The van der Waals surface area contributed by atoms with Gasteiger partial charge in [-0.2, -0.15) is 0 Å². The Kier molecular flexibility index (Phi) is 2.87. The molecule has 0 saturated carbocycles. The maximum Gasteiger partial charge on any atom is 0.224 e. The molecule has 1 N–H and O–H groups in total. The van der Waals surface area contributed by atoms with E-state index in [4.69, 9.17) is 16.0 Å². The Bertz CT molecular complexity index is 422. The first-order valence-corrected chi connectivity index (χ1v) is 4.89. The van der Waals surface area contributed by atoms with E-state index >= 15 is 0 Å². The fraction of sp³-hybridized carbons (Fsp3) is 0.200. The molecule has 0 bridgehead atoms. The van der Waals surface area contributed by atoms with Crippen LogP contribution < -0.4 is 5.32 Å². The highest BCUT2D eigenvalue weighted by molar-refractivity contribution is 6.29. The van der Waals surface area contributed by atoms with Crippen LogP contribution in [-0.4, -0.2) is 9.97 Å². The Morgan fingerprint density at radius 2 is 2.33 bits per heavy atom. The monoisotopic (exact) mass is 223 g/mol. The lowest BCUT2D eigenvalue weighted by molar-refractivity contribution is 0.517. The van der Waals surface area contributed by atoms with E-state index in [1.807, 2.05) is 19.1 Å². The number of furan rings is 1. The minimum absolute atomic E-state index is 0.435. The van der Waals surface area contributed by atoms with Gasteiger partial charge in [0.15, 0.2) is 0 Å². The molecule has 0 aliphatic carbocycles. The molecular formula is C10H10ClN3O. The van der Waals surface area contributed by atoms with Gasteiger partial charge in [0.05, 0.1) is 12.8 Å². The van der Waals surface area contributed by atoms with Gasteiger partial charge in [-0.05, 0) is 25.1 Å². The summed E-state index contributed by atoms with van der Waals surface area (Å²) >= 11 is 5.80. The van der Waals surface area contributed by atoms with Gasteiger partial charge in [0, 0.05) is 5.69 Å². The molecule has 5 heteroatoms. The van der Waals surface area contributed by atoms with Gasteiger partial charge in [0.1, 0.15) is 10.9 Å². The summed E-state index contributed by atoms with van der Waals surface area (Å²) in [7, 11) is 0. The number of halogens is 1. The van der Waals surface area contributed by atoms with E-state index in [1.54, 1.807) is 12.3 Å². The van der Waals surface area contributed by atoms with E-state index in [2.05, 4.69) is 15.3 Å². The van der Waals surface area contributed by atoms with Crippen molar-refractivity contribution >= 4 is 17.5 Å². The number of nitrogens with one attached hydrogen (secondary N) is 1. The molecule has 2 aromatic rings. The molecule has 78 valence electrons. The standard InChI is InChI=1S/C10H10ClN3O/c1-7-5-9(11)14-10(13-7)12-6-8-3-2-4-15-8/h2-5H,6H2,1H3,(H,12,13,14). The average molecular weight is 224 g/mol. The number of aryl methyl sites for hydroxylation is 1. The molecule has 0 amide bonds. The van der Waals surface area contributed by atoms with Crippen LogP contribution >= 0.6 is 11.6 Å². The van der Waals surface area contributed by atoms with Crippen molar-refractivity contribution in [3.63, 3.8) is 0 Å². The van der Waals surface area contributed by atoms with Crippen molar-refractivity contribution in [1.82, 2.24) is 9.97 Å². The predicted molar refractivity (Wildman–Crippen MR) is 57.8 cm³/mol. The van der Waals surface area contributed by atoms with E-state index in [0.717, 1.165) is 11.5 Å². The van der Waals surface area contributed by atoms with Crippen molar-refractivity contribution in [2.24, 2.45) is 0 Å². The fourth-order valence-electron chi connectivity index (χ4n) is 1.19. The Labute approximate surface area is 92.3 Å². The molecule has 2 aromatic heterocycles. The Balaban J connectivity index is 2.05. The van der Waals surface area contributed by atoms with Crippen LogP contribution in [0.5, 0.6) is 0 Å². The molecule has 0 fully saturated rings. The third-order valence-corrected chi connectivity index (χ3v) is 2.02. The molecular weight excluding hydrogens is 214 g/mol. The van der Waals surface area contributed by atoms with Crippen LogP contribution in [0.1, 0.15) is 11.5 Å². The van der Waals surface area contributed by atoms with E-state index in [-0.39, 0.29) is 0 Å². The second-order valence-electron chi connectivity index (χ2n) is 3.09. The molecule has 0 radical (unpaired) electrons. The van der Waals surface area contributed by atoms with Crippen molar-refractivity contribution in [3.8, 4) is 0 Å². The summed E-state index contributed by atoms with van der Waals surface area (Å²) in [5, 5.41) is 3.46. The summed E-state index contributed by atoms with van der Waals surface area (Å²) in [6, 6.07) is 5.42. The minimum Gasteiger partial charge on any atom is -0.467 e. The van der Waals surface area contributed by atoms with Gasteiger partial charge in [-0.15, -0.1) is 0 Å². The van der Waals surface area contributed by atoms with Gasteiger partial charge in [-0.3, -0.25) is 0 Å². The van der Waals surface area contributed by atoms with E-state index in [9.17, 15) is 0 Å². The largest absolute Gasteiger partial charge is 0.467 e. The molecule has 4 nitrogen and oxygen atoms in total. The highest BCUT2D eigenvalue weighted by atomic mass is 35.5. The fourth-order valence-corrected chi connectivity index (χ4v) is 1.43. The van der Waals surface area contributed by atoms with Crippen molar-refractivity contribution in [1.29, 1.82) is 0 Å². The predicted octanol–water partition coefficient (Wildman–Crippen LogP) is 2.64. The highest BCUT2D eigenvalue weighted by Crippen LogP contribution is 2.10. The van der Waals surface area contributed by atoms with Crippen molar-refractivity contribution in [2.75, 3.05) is 5.32 Å². The summed E-state index contributed by atoms with van der Waals surface area (Å²) in [4.78, 5) is 8.22. The van der Waals surface area contributed by atoms with Crippen LogP contribution in [-0.2, 0) is 6.54 Å². The highest BCUT2D eigenvalue weighted by Gasteiger charge is 2.01. The smallest absolute Gasteiger partial charge is 0.224 e. The first kappa shape index (κ1) is 9.98. The molecule has 0 aliphatic heterocycles. The number of hydrogen-bond acceptors (Lipinski definition) is 4. The van der Waals surface area contributed by atoms with Crippen LogP contribution in [0.4, 0.5) is 5.95 Å².